The third-order valence-corrected chi connectivity index (χ3v) is 1.95. The van der Waals surface area contributed by atoms with Crippen LogP contribution in [0.3, 0.4) is 0 Å². The summed E-state index contributed by atoms with van der Waals surface area (Å²) in [5.41, 5.74) is 2.10. The van der Waals surface area contributed by atoms with Crippen molar-refractivity contribution in [2.45, 2.75) is 20.8 Å². The first-order chi connectivity index (χ1) is 6.65. The Morgan fingerprint density at radius 3 is 2.29 bits per heavy atom. The van der Waals surface area contributed by atoms with Gasteiger partial charge in [0.25, 0.3) is 0 Å². The first kappa shape index (κ1) is 10.5. The molecular formula is C12H15NO. The van der Waals surface area contributed by atoms with Crippen LogP contribution in [0.1, 0.15) is 19.4 Å². The van der Waals surface area contributed by atoms with E-state index in [0.717, 1.165) is 5.69 Å². The smallest absolute Gasteiger partial charge is 0.227 e. The molecule has 0 aliphatic carbocycles. The molecule has 0 aromatic heterocycles. The first-order valence-electron chi connectivity index (χ1n) is 4.64. The lowest BCUT2D eigenvalue weighted by molar-refractivity contribution is -0.116. The lowest BCUT2D eigenvalue weighted by atomic mass is 10.2. The standard InChI is InChI=1S/C12H15NO/c1-4-9-13(11(3)14)12-7-5-10(2)6-8-12/h4-9H,1-3H3/b9-4-. The zero-order valence-electron chi connectivity index (χ0n) is 8.82. The normalized spacial score (nSPS) is 10.5. The van der Waals surface area contributed by atoms with Gasteiger partial charge in [0, 0.05) is 18.8 Å². The van der Waals surface area contributed by atoms with E-state index in [1.165, 1.54) is 5.56 Å². The number of carbonyl (C=O) groups is 1. The molecule has 0 atom stereocenters. The summed E-state index contributed by atoms with van der Waals surface area (Å²) in [6.07, 6.45) is 3.62. The monoisotopic (exact) mass is 189 g/mol. The fourth-order valence-electron chi connectivity index (χ4n) is 1.23. The number of carbonyl (C=O) groups excluding carboxylic acids is 1. The van der Waals surface area contributed by atoms with Gasteiger partial charge in [-0.2, -0.15) is 0 Å². The van der Waals surface area contributed by atoms with Crippen molar-refractivity contribution in [1.29, 1.82) is 0 Å². The predicted molar refractivity (Wildman–Crippen MR) is 59.2 cm³/mol. The number of aryl methyl sites for hydroxylation is 1. The van der Waals surface area contributed by atoms with Gasteiger partial charge in [-0.15, -0.1) is 0 Å². The molecule has 0 spiro atoms. The number of hydrogen-bond acceptors (Lipinski definition) is 1. The van der Waals surface area contributed by atoms with Gasteiger partial charge in [0.15, 0.2) is 0 Å². The maximum Gasteiger partial charge on any atom is 0.227 e. The van der Waals surface area contributed by atoms with Crippen molar-refractivity contribution in [3.05, 3.63) is 42.1 Å². The van der Waals surface area contributed by atoms with Gasteiger partial charge in [-0.3, -0.25) is 9.69 Å². The Bertz CT molecular complexity index is 338. The van der Waals surface area contributed by atoms with Crippen LogP contribution in [0.25, 0.3) is 0 Å². The van der Waals surface area contributed by atoms with Gasteiger partial charge in [-0.25, -0.2) is 0 Å². The van der Waals surface area contributed by atoms with Gasteiger partial charge < -0.3 is 0 Å². The van der Waals surface area contributed by atoms with Crippen molar-refractivity contribution >= 4 is 11.6 Å². The molecule has 0 heterocycles. The number of allylic oxidation sites excluding steroid dienone is 1. The van der Waals surface area contributed by atoms with E-state index in [4.69, 9.17) is 0 Å². The number of nitrogens with zero attached hydrogens (tertiary/aromatic N) is 1. The van der Waals surface area contributed by atoms with Crippen molar-refractivity contribution in [3.8, 4) is 0 Å². The van der Waals surface area contributed by atoms with E-state index in [0.29, 0.717) is 0 Å². The number of benzene rings is 1. The summed E-state index contributed by atoms with van der Waals surface area (Å²) in [5, 5.41) is 0. The topological polar surface area (TPSA) is 20.3 Å². The lowest BCUT2D eigenvalue weighted by Crippen LogP contribution is -2.21. The first-order valence-corrected chi connectivity index (χ1v) is 4.64. The van der Waals surface area contributed by atoms with Crippen LogP contribution in [-0.4, -0.2) is 5.91 Å². The van der Waals surface area contributed by atoms with Crippen molar-refractivity contribution in [3.63, 3.8) is 0 Å². The van der Waals surface area contributed by atoms with Gasteiger partial charge in [0.2, 0.25) is 5.91 Å². The predicted octanol–water partition coefficient (Wildman–Crippen LogP) is 2.88. The minimum absolute atomic E-state index is 0.0203. The van der Waals surface area contributed by atoms with E-state index in [-0.39, 0.29) is 5.91 Å². The van der Waals surface area contributed by atoms with E-state index >= 15 is 0 Å². The highest BCUT2D eigenvalue weighted by Gasteiger charge is 2.06. The summed E-state index contributed by atoms with van der Waals surface area (Å²) >= 11 is 0. The summed E-state index contributed by atoms with van der Waals surface area (Å²) in [5.74, 6) is 0.0203. The molecule has 0 aliphatic rings. The second-order valence-electron chi connectivity index (χ2n) is 3.21. The summed E-state index contributed by atoms with van der Waals surface area (Å²) in [4.78, 5) is 12.9. The second kappa shape index (κ2) is 4.61. The number of hydrogen-bond donors (Lipinski definition) is 0. The molecule has 0 bridgehead atoms. The lowest BCUT2D eigenvalue weighted by Gasteiger charge is -2.16. The van der Waals surface area contributed by atoms with Crippen molar-refractivity contribution < 1.29 is 4.79 Å². The highest BCUT2D eigenvalue weighted by atomic mass is 16.2. The zero-order valence-corrected chi connectivity index (χ0v) is 8.82. The molecule has 0 saturated heterocycles. The highest BCUT2D eigenvalue weighted by molar-refractivity contribution is 5.93. The molecule has 0 N–H and O–H groups in total. The van der Waals surface area contributed by atoms with Gasteiger partial charge in [0.05, 0.1) is 0 Å². The molecule has 1 aromatic rings. The molecule has 0 aliphatic heterocycles. The highest BCUT2D eigenvalue weighted by Crippen LogP contribution is 2.15. The van der Waals surface area contributed by atoms with Crippen LogP contribution in [0, 0.1) is 6.92 Å². The molecule has 0 saturated carbocycles. The third-order valence-electron chi connectivity index (χ3n) is 1.95. The van der Waals surface area contributed by atoms with E-state index in [1.807, 2.05) is 44.2 Å². The quantitative estimate of drug-likeness (QED) is 0.700. The van der Waals surface area contributed by atoms with E-state index in [9.17, 15) is 4.79 Å². The fraction of sp³-hybridized carbons (Fsp3) is 0.250. The molecule has 1 rings (SSSR count). The van der Waals surface area contributed by atoms with Crippen LogP contribution in [0.5, 0.6) is 0 Å². The molecule has 74 valence electrons. The number of anilines is 1. The van der Waals surface area contributed by atoms with Gasteiger partial charge in [-0.05, 0) is 26.0 Å². The van der Waals surface area contributed by atoms with E-state index in [2.05, 4.69) is 0 Å². The fourth-order valence-corrected chi connectivity index (χ4v) is 1.23. The van der Waals surface area contributed by atoms with Crippen LogP contribution in [0.2, 0.25) is 0 Å². The van der Waals surface area contributed by atoms with Gasteiger partial charge in [0.1, 0.15) is 0 Å². The molecular weight excluding hydrogens is 174 g/mol. The molecule has 0 fully saturated rings. The summed E-state index contributed by atoms with van der Waals surface area (Å²) < 4.78 is 0. The van der Waals surface area contributed by atoms with E-state index in [1.54, 1.807) is 18.0 Å². The third kappa shape index (κ3) is 2.46. The molecule has 14 heavy (non-hydrogen) atoms. The average molecular weight is 189 g/mol. The van der Waals surface area contributed by atoms with Crippen molar-refractivity contribution in [2.75, 3.05) is 4.90 Å². The van der Waals surface area contributed by atoms with Crippen molar-refractivity contribution in [1.82, 2.24) is 0 Å². The largest absolute Gasteiger partial charge is 0.288 e. The minimum atomic E-state index is 0.0203. The molecule has 0 radical (unpaired) electrons. The van der Waals surface area contributed by atoms with Crippen LogP contribution >= 0.6 is 0 Å². The minimum Gasteiger partial charge on any atom is -0.288 e. The van der Waals surface area contributed by atoms with Crippen LogP contribution in [-0.2, 0) is 4.79 Å². The molecule has 0 unspecified atom stereocenters. The van der Waals surface area contributed by atoms with Crippen LogP contribution in [0.15, 0.2) is 36.5 Å². The molecule has 2 heteroatoms. The Hall–Kier alpha value is -1.57. The van der Waals surface area contributed by atoms with Crippen LogP contribution < -0.4 is 4.90 Å². The molecule has 2 nitrogen and oxygen atoms in total. The SMILES string of the molecule is C/C=C\N(C(C)=O)c1ccc(C)cc1. The van der Waals surface area contributed by atoms with Crippen LogP contribution in [0.4, 0.5) is 5.69 Å². The summed E-state index contributed by atoms with van der Waals surface area (Å²) in [7, 11) is 0. The summed E-state index contributed by atoms with van der Waals surface area (Å²) in [6.45, 7) is 5.47. The van der Waals surface area contributed by atoms with Gasteiger partial charge in [-0.1, -0.05) is 23.8 Å². The maximum atomic E-state index is 11.3. The Balaban J connectivity index is 2.99. The average Bonchev–Trinajstić information content (AvgIpc) is 2.15. The zero-order chi connectivity index (χ0) is 10.6. The van der Waals surface area contributed by atoms with Crippen molar-refractivity contribution in [2.24, 2.45) is 0 Å². The van der Waals surface area contributed by atoms with E-state index < -0.39 is 0 Å². The Kier molecular flexibility index (Phi) is 3.46. The molecule has 1 aromatic carbocycles. The number of rotatable bonds is 2. The second-order valence-corrected chi connectivity index (χ2v) is 3.21. The molecule has 1 amide bonds. The maximum absolute atomic E-state index is 11.3. The summed E-state index contributed by atoms with van der Waals surface area (Å²) in [6, 6.07) is 7.87. The number of amides is 1. The van der Waals surface area contributed by atoms with Gasteiger partial charge >= 0.3 is 0 Å². The Labute approximate surface area is 84.9 Å². The Morgan fingerprint density at radius 1 is 1.29 bits per heavy atom. The Morgan fingerprint density at radius 2 is 1.86 bits per heavy atom.